The van der Waals surface area contributed by atoms with Gasteiger partial charge in [0.05, 0.1) is 25.5 Å². The lowest BCUT2D eigenvalue weighted by atomic mass is 10.2. The van der Waals surface area contributed by atoms with Gasteiger partial charge in [-0.2, -0.15) is 0 Å². The van der Waals surface area contributed by atoms with Gasteiger partial charge in [-0.3, -0.25) is 4.79 Å². The molecule has 132 valence electrons. The Labute approximate surface area is 147 Å². The van der Waals surface area contributed by atoms with Crippen molar-refractivity contribution >= 4 is 11.9 Å². The van der Waals surface area contributed by atoms with Gasteiger partial charge in [-0.1, -0.05) is 12.1 Å². The number of carbonyl (C=O) groups excluding carboxylic acids is 1. The van der Waals surface area contributed by atoms with E-state index in [9.17, 15) is 4.79 Å². The summed E-state index contributed by atoms with van der Waals surface area (Å²) in [5, 5.41) is 2.82. The number of nitrogens with zero attached hydrogens (tertiary/aromatic N) is 3. The second kappa shape index (κ2) is 8.43. The Morgan fingerprint density at radius 3 is 2.96 bits per heavy atom. The fourth-order valence-electron chi connectivity index (χ4n) is 2.49. The molecule has 7 nitrogen and oxygen atoms in total. The number of anilines is 1. The Hall–Kier alpha value is -2.67. The first kappa shape index (κ1) is 17.2. The Bertz CT molecular complexity index is 717. The zero-order valence-corrected chi connectivity index (χ0v) is 14.3. The van der Waals surface area contributed by atoms with Crippen molar-refractivity contribution in [2.75, 3.05) is 37.8 Å². The van der Waals surface area contributed by atoms with E-state index in [4.69, 9.17) is 9.47 Å². The van der Waals surface area contributed by atoms with Gasteiger partial charge in [-0.25, -0.2) is 9.97 Å². The molecule has 0 unspecified atom stereocenters. The monoisotopic (exact) mass is 342 g/mol. The minimum atomic E-state index is -0.187. The number of amides is 1. The highest BCUT2D eigenvalue weighted by atomic mass is 16.5. The van der Waals surface area contributed by atoms with Crippen molar-refractivity contribution in [2.24, 2.45) is 0 Å². The fraction of sp³-hybridized carbons (Fsp3) is 0.389. The number of aryl methyl sites for hydroxylation is 1. The van der Waals surface area contributed by atoms with Crippen LogP contribution in [0.15, 0.2) is 36.5 Å². The molecule has 1 amide bonds. The van der Waals surface area contributed by atoms with Gasteiger partial charge in [-0.05, 0) is 30.7 Å². The van der Waals surface area contributed by atoms with E-state index in [0.717, 1.165) is 24.3 Å². The standard InChI is InChI=1S/C18H22N4O3/c1-14-3-2-4-16(11-14)25-13-17(23)20-12-15-5-6-19-18(21-15)22-7-9-24-10-8-22/h2-6,11H,7-10,12-13H2,1H3,(H,20,23). The van der Waals surface area contributed by atoms with Crippen molar-refractivity contribution in [2.45, 2.75) is 13.5 Å². The first-order chi connectivity index (χ1) is 12.2. The molecule has 1 N–H and O–H groups in total. The smallest absolute Gasteiger partial charge is 0.258 e. The van der Waals surface area contributed by atoms with Gasteiger partial charge in [0.2, 0.25) is 5.95 Å². The zero-order chi connectivity index (χ0) is 17.5. The first-order valence-electron chi connectivity index (χ1n) is 8.31. The average molecular weight is 342 g/mol. The summed E-state index contributed by atoms with van der Waals surface area (Å²) >= 11 is 0. The molecule has 1 aromatic heterocycles. The average Bonchev–Trinajstić information content (AvgIpc) is 2.66. The lowest BCUT2D eigenvalue weighted by Crippen LogP contribution is -2.37. The molecule has 25 heavy (non-hydrogen) atoms. The molecular formula is C18H22N4O3. The van der Waals surface area contributed by atoms with Crippen LogP contribution >= 0.6 is 0 Å². The third-order valence-electron chi connectivity index (χ3n) is 3.82. The van der Waals surface area contributed by atoms with E-state index < -0.39 is 0 Å². The molecule has 0 bridgehead atoms. The molecular weight excluding hydrogens is 320 g/mol. The zero-order valence-electron chi connectivity index (χ0n) is 14.3. The van der Waals surface area contributed by atoms with Gasteiger partial charge in [0, 0.05) is 19.3 Å². The maximum Gasteiger partial charge on any atom is 0.258 e. The predicted octanol–water partition coefficient (Wildman–Crippen LogP) is 1.32. The Morgan fingerprint density at radius 1 is 1.32 bits per heavy atom. The minimum Gasteiger partial charge on any atom is -0.484 e. The summed E-state index contributed by atoms with van der Waals surface area (Å²) in [7, 11) is 0. The van der Waals surface area contributed by atoms with Crippen molar-refractivity contribution in [3.63, 3.8) is 0 Å². The first-order valence-corrected chi connectivity index (χ1v) is 8.31. The maximum atomic E-state index is 12.0. The molecule has 2 heterocycles. The predicted molar refractivity (Wildman–Crippen MR) is 93.6 cm³/mol. The molecule has 1 fully saturated rings. The summed E-state index contributed by atoms with van der Waals surface area (Å²) in [4.78, 5) is 22.8. The molecule has 3 rings (SSSR count). The summed E-state index contributed by atoms with van der Waals surface area (Å²) in [6, 6.07) is 9.40. The van der Waals surface area contributed by atoms with Crippen LogP contribution in [0.2, 0.25) is 0 Å². The summed E-state index contributed by atoms with van der Waals surface area (Å²) < 4.78 is 10.8. The van der Waals surface area contributed by atoms with Crippen LogP contribution in [-0.2, 0) is 16.1 Å². The van der Waals surface area contributed by atoms with Crippen molar-refractivity contribution in [1.82, 2.24) is 15.3 Å². The number of benzene rings is 1. The maximum absolute atomic E-state index is 12.0. The van der Waals surface area contributed by atoms with Crippen LogP contribution < -0.4 is 15.0 Å². The molecule has 2 aromatic rings. The molecule has 1 aliphatic rings. The summed E-state index contributed by atoms with van der Waals surface area (Å²) in [5.74, 6) is 1.17. The second-order valence-corrected chi connectivity index (χ2v) is 5.83. The molecule has 1 aromatic carbocycles. The number of carbonyl (C=O) groups is 1. The Morgan fingerprint density at radius 2 is 2.16 bits per heavy atom. The normalized spacial score (nSPS) is 14.2. The van der Waals surface area contributed by atoms with E-state index in [0.29, 0.717) is 31.5 Å². The largest absolute Gasteiger partial charge is 0.484 e. The van der Waals surface area contributed by atoms with E-state index in [1.807, 2.05) is 31.2 Å². The van der Waals surface area contributed by atoms with Crippen molar-refractivity contribution in [3.05, 3.63) is 47.8 Å². The quantitative estimate of drug-likeness (QED) is 0.853. The number of aromatic nitrogens is 2. The summed E-state index contributed by atoms with van der Waals surface area (Å²) in [6.07, 6.45) is 1.71. The molecule has 7 heteroatoms. The van der Waals surface area contributed by atoms with Crippen LogP contribution in [0.5, 0.6) is 5.75 Å². The van der Waals surface area contributed by atoms with Crippen molar-refractivity contribution < 1.29 is 14.3 Å². The molecule has 0 spiro atoms. The van der Waals surface area contributed by atoms with Gasteiger partial charge < -0.3 is 19.7 Å². The third kappa shape index (κ3) is 5.15. The van der Waals surface area contributed by atoms with Gasteiger partial charge >= 0.3 is 0 Å². The molecule has 0 aliphatic carbocycles. The van der Waals surface area contributed by atoms with E-state index in [1.165, 1.54) is 0 Å². The van der Waals surface area contributed by atoms with E-state index in [-0.39, 0.29) is 12.5 Å². The lowest BCUT2D eigenvalue weighted by Gasteiger charge is -2.26. The third-order valence-corrected chi connectivity index (χ3v) is 3.82. The van der Waals surface area contributed by atoms with Crippen LogP contribution in [0, 0.1) is 6.92 Å². The number of hydrogen-bond donors (Lipinski definition) is 1. The van der Waals surface area contributed by atoms with E-state index >= 15 is 0 Å². The highest BCUT2D eigenvalue weighted by Crippen LogP contribution is 2.12. The second-order valence-electron chi connectivity index (χ2n) is 5.83. The fourth-order valence-corrected chi connectivity index (χ4v) is 2.49. The van der Waals surface area contributed by atoms with Crippen LogP contribution in [0.4, 0.5) is 5.95 Å². The van der Waals surface area contributed by atoms with Gasteiger partial charge in [0.1, 0.15) is 5.75 Å². The van der Waals surface area contributed by atoms with E-state index in [2.05, 4.69) is 20.2 Å². The summed E-state index contributed by atoms with van der Waals surface area (Å²) in [6.45, 7) is 5.22. The van der Waals surface area contributed by atoms with Crippen molar-refractivity contribution in [3.8, 4) is 5.75 Å². The molecule has 0 atom stereocenters. The number of ether oxygens (including phenoxy) is 2. The Balaban J connectivity index is 1.48. The number of rotatable bonds is 6. The van der Waals surface area contributed by atoms with Crippen LogP contribution in [0.1, 0.15) is 11.3 Å². The molecule has 0 radical (unpaired) electrons. The van der Waals surface area contributed by atoms with Crippen molar-refractivity contribution in [1.29, 1.82) is 0 Å². The van der Waals surface area contributed by atoms with Crippen LogP contribution in [0.25, 0.3) is 0 Å². The van der Waals surface area contributed by atoms with Gasteiger partial charge in [-0.15, -0.1) is 0 Å². The van der Waals surface area contributed by atoms with Crippen LogP contribution in [-0.4, -0.2) is 48.8 Å². The highest BCUT2D eigenvalue weighted by molar-refractivity contribution is 5.77. The SMILES string of the molecule is Cc1cccc(OCC(=O)NCc2ccnc(N3CCOCC3)n2)c1. The molecule has 1 saturated heterocycles. The van der Waals surface area contributed by atoms with Gasteiger partial charge in [0.25, 0.3) is 5.91 Å². The topological polar surface area (TPSA) is 76.6 Å². The summed E-state index contributed by atoms with van der Waals surface area (Å²) in [5.41, 5.74) is 1.86. The Kier molecular flexibility index (Phi) is 5.79. The van der Waals surface area contributed by atoms with Crippen LogP contribution in [0.3, 0.4) is 0 Å². The van der Waals surface area contributed by atoms with E-state index in [1.54, 1.807) is 12.3 Å². The number of hydrogen-bond acceptors (Lipinski definition) is 6. The minimum absolute atomic E-state index is 0.0230. The number of morpholine rings is 1. The van der Waals surface area contributed by atoms with Gasteiger partial charge in [0.15, 0.2) is 6.61 Å². The highest BCUT2D eigenvalue weighted by Gasteiger charge is 2.14. The molecule has 1 aliphatic heterocycles. The molecule has 0 saturated carbocycles. The lowest BCUT2D eigenvalue weighted by molar-refractivity contribution is -0.123. The number of nitrogens with one attached hydrogen (secondary N) is 1.